The van der Waals surface area contributed by atoms with E-state index in [4.69, 9.17) is 10.2 Å². The number of aliphatic hydroxyl groups excluding tert-OH is 2. The third-order valence-corrected chi connectivity index (χ3v) is 1.68. The fourth-order valence-electron chi connectivity index (χ4n) is 0.994. The summed E-state index contributed by atoms with van der Waals surface area (Å²) in [6.07, 6.45) is -0.724. The number of carbonyl (C=O) groups is 1. The summed E-state index contributed by atoms with van der Waals surface area (Å²) in [4.78, 5) is 10.8. The third kappa shape index (κ3) is 1.35. The van der Waals surface area contributed by atoms with Crippen molar-refractivity contribution < 1.29 is 24.9 Å². The highest BCUT2D eigenvalue weighted by Crippen LogP contribution is 2.24. The zero-order valence-electron chi connectivity index (χ0n) is 5.86. The van der Waals surface area contributed by atoms with E-state index in [1.54, 1.807) is 0 Å². The second-order valence-electron chi connectivity index (χ2n) is 2.60. The van der Waals surface area contributed by atoms with E-state index in [-0.39, 0.29) is 13.0 Å². The first-order valence-electron chi connectivity index (χ1n) is 3.27. The second-order valence-corrected chi connectivity index (χ2v) is 2.60. The Bertz CT molecular complexity index is 168. The Hall–Kier alpha value is -0.650. The lowest BCUT2D eigenvalue weighted by Gasteiger charge is -2.12. The summed E-state index contributed by atoms with van der Waals surface area (Å²) < 4.78 is 4.52. The zero-order valence-corrected chi connectivity index (χ0v) is 5.86. The van der Waals surface area contributed by atoms with Gasteiger partial charge in [-0.15, -0.1) is 0 Å². The van der Waals surface area contributed by atoms with Gasteiger partial charge in [0, 0.05) is 6.42 Å². The standard InChI is InChI=1S/C6H10O5/c7-2-4-1-6(10,3-8)5(9)11-4/h4,7-8,10H,1-3H2/t4-,6-/m1/s1. The molecule has 2 atom stereocenters. The number of carbonyl (C=O) groups excluding carboxylic acids is 1. The minimum atomic E-state index is -1.80. The van der Waals surface area contributed by atoms with Crippen LogP contribution in [0.3, 0.4) is 0 Å². The van der Waals surface area contributed by atoms with Crippen molar-refractivity contribution in [2.75, 3.05) is 13.2 Å². The maximum Gasteiger partial charge on any atom is 0.341 e. The molecule has 11 heavy (non-hydrogen) atoms. The molecule has 0 saturated carbocycles. The Morgan fingerprint density at radius 1 is 1.64 bits per heavy atom. The van der Waals surface area contributed by atoms with Crippen LogP contribution in [0.1, 0.15) is 6.42 Å². The van der Waals surface area contributed by atoms with E-state index in [9.17, 15) is 9.90 Å². The molecule has 0 spiro atoms. The summed E-state index contributed by atoms with van der Waals surface area (Å²) >= 11 is 0. The maximum absolute atomic E-state index is 10.8. The van der Waals surface area contributed by atoms with E-state index in [2.05, 4.69) is 4.74 Å². The van der Waals surface area contributed by atoms with Crippen molar-refractivity contribution in [2.45, 2.75) is 18.1 Å². The van der Waals surface area contributed by atoms with Crippen molar-refractivity contribution >= 4 is 5.97 Å². The van der Waals surface area contributed by atoms with Gasteiger partial charge in [-0.3, -0.25) is 0 Å². The predicted octanol–water partition coefficient (Wildman–Crippen LogP) is -1.98. The van der Waals surface area contributed by atoms with Crippen LogP contribution in [0.5, 0.6) is 0 Å². The Morgan fingerprint density at radius 2 is 2.27 bits per heavy atom. The van der Waals surface area contributed by atoms with Gasteiger partial charge in [-0.2, -0.15) is 0 Å². The summed E-state index contributed by atoms with van der Waals surface area (Å²) in [5.74, 6) is -0.862. The van der Waals surface area contributed by atoms with Crippen LogP contribution in [0.2, 0.25) is 0 Å². The van der Waals surface area contributed by atoms with Crippen molar-refractivity contribution in [3.8, 4) is 0 Å². The number of aliphatic hydroxyl groups is 3. The van der Waals surface area contributed by atoms with E-state index in [0.717, 1.165) is 0 Å². The third-order valence-electron chi connectivity index (χ3n) is 1.68. The molecule has 0 aromatic heterocycles. The van der Waals surface area contributed by atoms with Gasteiger partial charge in [-0.25, -0.2) is 4.79 Å². The quantitative estimate of drug-likeness (QED) is 0.409. The monoisotopic (exact) mass is 162 g/mol. The van der Waals surface area contributed by atoms with Crippen molar-refractivity contribution in [1.29, 1.82) is 0 Å². The minimum Gasteiger partial charge on any atom is -0.458 e. The molecule has 0 bridgehead atoms. The van der Waals surface area contributed by atoms with Gasteiger partial charge in [0.05, 0.1) is 13.2 Å². The summed E-state index contributed by atoms with van der Waals surface area (Å²) in [6.45, 7) is -0.990. The number of hydrogen-bond donors (Lipinski definition) is 3. The predicted molar refractivity (Wildman–Crippen MR) is 33.6 cm³/mol. The van der Waals surface area contributed by atoms with Gasteiger partial charge < -0.3 is 20.1 Å². The van der Waals surface area contributed by atoms with Crippen LogP contribution >= 0.6 is 0 Å². The van der Waals surface area contributed by atoms with Crippen LogP contribution in [0.25, 0.3) is 0 Å². The smallest absolute Gasteiger partial charge is 0.341 e. The number of ether oxygens (including phenoxy) is 1. The minimum absolute atomic E-state index is 0.0428. The Labute approximate surface area is 63.2 Å². The molecule has 64 valence electrons. The van der Waals surface area contributed by atoms with Gasteiger partial charge >= 0.3 is 5.97 Å². The van der Waals surface area contributed by atoms with Crippen LogP contribution in [-0.4, -0.2) is 46.2 Å². The molecular weight excluding hydrogens is 152 g/mol. The molecular formula is C6H10O5. The van der Waals surface area contributed by atoms with Gasteiger partial charge in [0.2, 0.25) is 0 Å². The van der Waals surface area contributed by atoms with E-state index >= 15 is 0 Å². The average Bonchev–Trinajstić information content (AvgIpc) is 2.29. The van der Waals surface area contributed by atoms with Crippen molar-refractivity contribution in [3.63, 3.8) is 0 Å². The molecule has 0 amide bonds. The Kier molecular flexibility index (Phi) is 2.12. The van der Waals surface area contributed by atoms with E-state index in [1.807, 2.05) is 0 Å². The lowest BCUT2D eigenvalue weighted by Crippen LogP contribution is -2.38. The van der Waals surface area contributed by atoms with Crippen LogP contribution in [0.15, 0.2) is 0 Å². The first-order valence-corrected chi connectivity index (χ1v) is 3.27. The highest BCUT2D eigenvalue weighted by Gasteiger charge is 2.47. The lowest BCUT2D eigenvalue weighted by molar-refractivity contribution is -0.158. The number of rotatable bonds is 2. The van der Waals surface area contributed by atoms with Gasteiger partial charge in [-0.05, 0) is 0 Å². The summed E-state index contributed by atoms with van der Waals surface area (Å²) in [5, 5.41) is 26.4. The zero-order chi connectivity index (χ0) is 8.48. The molecule has 1 aliphatic heterocycles. The van der Waals surface area contributed by atoms with Crippen molar-refractivity contribution in [1.82, 2.24) is 0 Å². The fraction of sp³-hybridized carbons (Fsp3) is 0.833. The van der Waals surface area contributed by atoms with Crippen molar-refractivity contribution in [2.24, 2.45) is 0 Å². The normalized spacial score (nSPS) is 37.4. The fourth-order valence-corrected chi connectivity index (χ4v) is 0.994. The van der Waals surface area contributed by atoms with E-state index < -0.39 is 24.3 Å². The van der Waals surface area contributed by atoms with Crippen LogP contribution in [0.4, 0.5) is 0 Å². The molecule has 0 unspecified atom stereocenters. The van der Waals surface area contributed by atoms with E-state index in [0.29, 0.717) is 0 Å². The topological polar surface area (TPSA) is 87.0 Å². The summed E-state index contributed by atoms with van der Waals surface area (Å²) in [7, 11) is 0. The molecule has 0 aliphatic carbocycles. The second kappa shape index (κ2) is 2.77. The average molecular weight is 162 g/mol. The first-order chi connectivity index (χ1) is 5.12. The Morgan fingerprint density at radius 3 is 2.55 bits per heavy atom. The highest BCUT2D eigenvalue weighted by molar-refractivity contribution is 5.81. The molecule has 1 heterocycles. The summed E-state index contributed by atoms with van der Waals surface area (Å²) in [5.41, 5.74) is -1.80. The van der Waals surface area contributed by atoms with Crippen LogP contribution in [-0.2, 0) is 9.53 Å². The van der Waals surface area contributed by atoms with E-state index in [1.165, 1.54) is 0 Å². The molecule has 1 rings (SSSR count). The largest absolute Gasteiger partial charge is 0.458 e. The van der Waals surface area contributed by atoms with Gasteiger partial charge in [-0.1, -0.05) is 0 Å². The molecule has 1 fully saturated rings. The molecule has 0 aromatic carbocycles. The lowest BCUT2D eigenvalue weighted by atomic mass is 10.0. The molecule has 1 saturated heterocycles. The first kappa shape index (κ1) is 8.45. The van der Waals surface area contributed by atoms with Gasteiger partial charge in [0.1, 0.15) is 6.10 Å². The molecule has 0 radical (unpaired) electrons. The SMILES string of the molecule is O=C1O[C@@H](CO)C[C@@]1(O)CO. The highest BCUT2D eigenvalue weighted by atomic mass is 16.6. The molecule has 5 nitrogen and oxygen atoms in total. The number of cyclic esters (lactones) is 1. The Balaban J connectivity index is 2.65. The van der Waals surface area contributed by atoms with Gasteiger partial charge in [0.25, 0.3) is 0 Å². The summed E-state index contributed by atoms with van der Waals surface area (Å²) in [6, 6.07) is 0. The number of esters is 1. The van der Waals surface area contributed by atoms with Crippen LogP contribution < -0.4 is 0 Å². The molecule has 0 aromatic rings. The molecule has 3 N–H and O–H groups in total. The van der Waals surface area contributed by atoms with Gasteiger partial charge in [0.15, 0.2) is 5.60 Å². The molecule has 1 aliphatic rings. The van der Waals surface area contributed by atoms with Crippen LogP contribution in [0, 0.1) is 0 Å². The maximum atomic E-state index is 10.8. The number of hydrogen-bond acceptors (Lipinski definition) is 5. The molecule has 5 heteroatoms. The van der Waals surface area contributed by atoms with Crippen molar-refractivity contribution in [3.05, 3.63) is 0 Å².